The van der Waals surface area contributed by atoms with E-state index in [0.717, 1.165) is 16.8 Å². The maximum absolute atomic E-state index is 12.5. The number of imidazole rings is 1. The molecule has 0 aliphatic carbocycles. The van der Waals surface area contributed by atoms with Gasteiger partial charge in [-0.05, 0) is 35.4 Å². The van der Waals surface area contributed by atoms with Crippen molar-refractivity contribution in [3.05, 3.63) is 83.9 Å². The standard InChI is InChI=1S/C20H18N4O2/c1-26-19(17-6-8-18(9-7-17)24-11-10-22-14-24)20(25)23-13-16-4-2-15(12-21)3-5-16/h2-11,14,19H,13H2,1H3,(H,23,25)/t19-/m0/s1. The fourth-order valence-corrected chi connectivity index (χ4v) is 2.61. The molecular weight excluding hydrogens is 328 g/mol. The van der Waals surface area contributed by atoms with Crippen molar-refractivity contribution in [2.75, 3.05) is 7.11 Å². The molecule has 0 aliphatic heterocycles. The number of rotatable bonds is 6. The van der Waals surface area contributed by atoms with E-state index in [1.54, 1.807) is 24.7 Å². The van der Waals surface area contributed by atoms with Gasteiger partial charge in [-0.1, -0.05) is 24.3 Å². The molecule has 0 saturated carbocycles. The third-order valence-corrected chi connectivity index (χ3v) is 4.02. The van der Waals surface area contributed by atoms with Crippen LogP contribution in [0.15, 0.2) is 67.3 Å². The molecule has 26 heavy (non-hydrogen) atoms. The van der Waals surface area contributed by atoms with E-state index in [-0.39, 0.29) is 5.91 Å². The lowest BCUT2D eigenvalue weighted by Crippen LogP contribution is -2.30. The Bertz CT molecular complexity index is 894. The van der Waals surface area contributed by atoms with Gasteiger partial charge >= 0.3 is 0 Å². The lowest BCUT2D eigenvalue weighted by atomic mass is 10.1. The molecule has 0 saturated heterocycles. The van der Waals surface area contributed by atoms with Gasteiger partial charge in [0.2, 0.25) is 0 Å². The number of ether oxygens (including phenoxy) is 1. The Balaban J connectivity index is 1.65. The predicted molar refractivity (Wildman–Crippen MR) is 96.3 cm³/mol. The minimum Gasteiger partial charge on any atom is -0.367 e. The van der Waals surface area contributed by atoms with Crippen LogP contribution < -0.4 is 5.32 Å². The highest BCUT2D eigenvalue weighted by Crippen LogP contribution is 2.19. The Kier molecular flexibility index (Phi) is 5.42. The number of nitrogens with one attached hydrogen (secondary N) is 1. The maximum Gasteiger partial charge on any atom is 0.254 e. The van der Waals surface area contributed by atoms with Gasteiger partial charge in [-0.15, -0.1) is 0 Å². The molecule has 3 rings (SSSR count). The summed E-state index contributed by atoms with van der Waals surface area (Å²) in [5.41, 5.74) is 3.24. The first-order chi connectivity index (χ1) is 12.7. The Labute approximate surface area is 151 Å². The van der Waals surface area contributed by atoms with Gasteiger partial charge in [0.25, 0.3) is 5.91 Å². The Morgan fingerprint density at radius 1 is 1.23 bits per heavy atom. The number of nitriles is 1. The summed E-state index contributed by atoms with van der Waals surface area (Å²) in [6, 6.07) is 16.7. The van der Waals surface area contributed by atoms with Crippen molar-refractivity contribution in [3.63, 3.8) is 0 Å². The highest BCUT2D eigenvalue weighted by Gasteiger charge is 2.19. The summed E-state index contributed by atoms with van der Waals surface area (Å²) in [4.78, 5) is 16.5. The largest absolute Gasteiger partial charge is 0.367 e. The number of methoxy groups -OCH3 is 1. The molecule has 3 aromatic rings. The van der Waals surface area contributed by atoms with Crippen LogP contribution in [0.2, 0.25) is 0 Å². The van der Waals surface area contributed by atoms with E-state index >= 15 is 0 Å². The van der Waals surface area contributed by atoms with Crippen molar-refractivity contribution < 1.29 is 9.53 Å². The van der Waals surface area contributed by atoms with Crippen LogP contribution in [0.5, 0.6) is 0 Å². The van der Waals surface area contributed by atoms with Gasteiger partial charge in [0, 0.05) is 31.7 Å². The minimum atomic E-state index is -0.690. The van der Waals surface area contributed by atoms with Crippen LogP contribution in [0.25, 0.3) is 5.69 Å². The van der Waals surface area contributed by atoms with Crippen LogP contribution in [-0.4, -0.2) is 22.6 Å². The summed E-state index contributed by atoms with van der Waals surface area (Å²) in [7, 11) is 1.51. The van der Waals surface area contributed by atoms with Crippen molar-refractivity contribution in [3.8, 4) is 11.8 Å². The van der Waals surface area contributed by atoms with Crippen LogP contribution in [0.3, 0.4) is 0 Å². The quantitative estimate of drug-likeness (QED) is 0.744. The molecule has 1 amide bonds. The van der Waals surface area contributed by atoms with Gasteiger partial charge in [0.15, 0.2) is 6.10 Å². The number of carbonyl (C=O) groups is 1. The van der Waals surface area contributed by atoms with Crippen LogP contribution in [-0.2, 0) is 16.1 Å². The van der Waals surface area contributed by atoms with E-state index in [9.17, 15) is 4.79 Å². The van der Waals surface area contributed by atoms with E-state index < -0.39 is 6.10 Å². The molecule has 6 nitrogen and oxygen atoms in total. The highest BCUT2D eigenvalue weighted by atomic mass is 16.5. The summed E-state index contributed by atoms with van der Waals surface area (Å²) < 4.78 is 7.26. The molecule has 6 heteroatoms. The molecule has 0 aliphatic rings. The molecule has 1 N–H and O–H groups in total. The van der Waals surface area contributed by atoms with Gasteiger partial charge in [0.05, 0.1) is 18.0 Å². The van der Waals surface area contributed by atoms with Crippen molar-refractivity contribution in [1.29, 1.82) is 5.26 Å². The second kappa shape index (κ2) is 8.10. The molecule has 0 radical (unpaired) electrons. The third-order valence-electron chi connectivity index (χ3n) is 4.02. The monoisotopic (exact) mass is 346 g/mol. The first kappa shape index (κ1) is 17.4. The van der Waals surface area contributed by atoms with E-state index in [1.807, 2.05) is 47.2 Å². The molecule has 1 atom stereocenters. The second-order valence-electron chi connectivity index (χ2n) is 5.70. The number of amides is 1. The van der Waals surface area contributed by atoms with E-state index in [2.05, 4.69) is 16.4 Å². The minimum absolute atomic E-state index is 0.216. The van der Waals surface area contributed by atoms with Crippen LogP contribution in [0.4, 0.5) is 0 Å². The molecule has 0 unspecified atom stereocenters. The number of nitrogens with zero attached hydrogens (tertiary/aromatic N) is 3. The summed E-state index contributed by atoms with van der Waals surface area (Å²) in [6.07, 6.45) is 4.59. The smallest absolute Gasteiger partial charge is 0.254 e. The average molecular weight is 346 g/mol. The topological polar surface area (TPSA) is 79.9 Å². The summed E-state index contributed by atoms with van der Waals surface area (Å²) >= 11 is 0. The maximum atomic E-state index is 12.5. The summed E-state index contributed by atoms with van der Waals surface area (Å²) in [6.45, 7) is 0.373. The van der Waals surface area contributed by atoms with Gasteiger partial charge in [-0.3, -0.25) is 4.79 Å². The number of carbonyl (C=O) groups excluding carboxylic acids is 1. The summed E-state index contributed by atoms with van der Waals surface area (Å²) in [5, 5.41) is 11.7. The molecular formula is C20H18N4O2. The molecule has 0 bridgehead atoms. The van der Waals surface area contributed by atoms with E-state index in [1.165, 1.54) is 7.11 Å². The fraction of sp³-hybridized carbons (Fsp3) is 0.150. The van der Waals surface area contributed by atoms with Gasteiger partial charge < -0.3 is 14.6 Å². The first-order valence-corrected chi connectivity index (χ1v) is 8.09. The number of hydrogen-bond acceptors (Lipinski definition) is 4. The zero-order chi connectivity index (χ0) is 18.4. The lowest BCUT2D eigenvalue weighted by molar-refractivity contribution is -0.131. The molecule has 1 heterocycles. The SMILES string of the molecule is CO[C@H](C(=O)NCc1ccc(C#N)cc1)c1ccc(-n2ccnc2)cc1. The Hall–Kier alpha value is -3.43. The van der Waals surface area contributed by atoms with Crippen molar-refractivity contribution in [2.45, 2.75) is 12.6 Å². The predicted octanol–water partition coefficient (Wildman–Crippen LogP) is 2.75. The zero-order valence-corrected chi connectivity index (χ0v) is 14.3. The number of benzene rings is 2. The second-order valence-corrected chi connectivity index (χ2v) is 5.70. The van der Waals surface area contributed by atoms with Crippen LogP contribution >= 0.6 is 0 Å². The normalized spacial score (nSPS) is 11.5. The van der Waals surface area contributed by atoms with E-state index in [4.69, 9.17) is 10.00 Å². The van der Waals surface area contributed by atoms with Crippen LogP contribution in [0, 0.1) is 11.3 Å². The highest BCUT2D eigenvalue weighted by molar-refractivity contribution is 5.82. The molecule has 0 fully saturated rings. The molecule has 130 valence electrons. The first-order valence-electron chi connectivity index (χ1n) is 8.09. The zero-order valence-electron chi connectivity index (χ0n) is 14.3. The van der Waals surface area contributed by atoms with Crippen LogP contribution in [0.1, 0.15) is 22.8 Å². The Morgan fingerprint density at radius 3 is 2.54 bits per heavy atom. The fourth-order valence-electron chi connectivity index (χ4n) is 2.61. The van der Waals surface area contributed by atoms with Gasteiger partial charge in [-0.2, -0.15) is 5.26 Å². The number of hydrogen-bond donors (Lipinski definition) is 1. The number of aromatic nitrogens is 2. The van der Waals surface area contributed by atoms with E-state index in [0.29, 0.717) is 12.1 Å². The van der Waals surface area contributed by atoms with Crippen molar-refractivity contribution >= 4 is 5.91 Å². The van der Waals surface area contributed by atoms with Gasteiger partial charge in [0.1, 0.15) is 0 Å². The van der Waals surface area contributed by atoms with Crippen molar-refractivity contribution in [2.24, 2.45) is 0 Å². The average Bonchev–Trinajstić information content (AvgIpc) is 3.23. The van der Waals surface area contributed by atoms with Gasteiger partial charge in [-0.25, -0.2) is 4.98 Å². The van der Waals surface area contributed by atoms with Crippen molar-refractivity contribution in [1.82, 2.24) is 14.9 Å². The Morgan fingerprint density at radius 2 is 1.96 bits per heavy atom. The lowest BCUT2D eigenvalue weighted by Gasteiger charge is -2.16. The molecule has 2 aromatic carbocycles. The molecule has 0 spiro atoms. The molecule has 1 aromatic heterocycles. The third kappa shape index (κ3) is 3.97. The summed E-state index contributed by atoms with van der Waals surface area (Å²) in [5.74, 6) is -0.216.